The minimum Gasteiger partial charge on any atom is -0.322 e. The van der Waals surface area contributed by atoms with Gasteiger partial charge in [0.05, 0.1) is 16.3 Å². The smallest absolute Gasteiger partial charge is 0.257 e. The first-order chi connectivity index (χ1) is 15.9. The Morgan fingerprint density at radius 1 is 0.879 bits per heavy atom. The van der Waals surface area contributed by atoms with Crippen LogP contribution in [0.2, 0.25) is 10.0 Å². The highest BCUT2D eigenvalue weighted by atomic mass is 35.5. The standard InChI is InChI=1S/C26H33Cl2N3O2/c1-3-4-5-6-7-8-9-10-11-25(32)31-30-19(2)20-12-15-22(16-13-20)29-26(33)23-17-14-21(27)18-24(23)28/h12-18H,3-11H2,1-2H3,(H,29,33)(H,31,32)/b30-19-. The Labute approximate surface area is 206 Å². The lowest BCUT2D eigenvalue weighted by molar-refractivity contribution is -0.121. The molecule has 2 rings (SSSR count). The van der Waals surface area contributed by atoms with E-state index in [1.807, 2.05) is 19.1 Å². The van der Waals surface area contributed by atoms with Crippen LogP contribution in [0.5, 0.6) is 0 Å². The Morgan fingerprint density at radius 2 is 1.52 bits per heavy atom. The summed E-state index contributed by atoms with van der Waals surface area (Å²) in [6.45, 7) is 4.05. The minimum absolute atomic E-state index is 0.0657. The number of carbonyl (C=O) groups is 2. The number of unbranched alkanes of at least 4 members (excludes halogenated alkanes) is 7. The van der Waals surface area contributed by atoms with Crippen LogP contribution < -0.4 is 10.7 Å². The van der Waals surface area contributed by atoms with Gasteiger partial charge in [-0.25, -0.2) is 5.43 Å². The van der Waals surface area contributed by atoms with Crippen molar-refractivity contribution in [3.8, 4) is 0 Å². The van der Waals surface area contributed by atoms with Gasteiger partial charge in [-0.05, 0) is 49.2 Å². The second-order valence-corrected chi connectivity index (χ2v) is 8.96. The van der Waals surface area contributed by atoms with Crippen LogP contribution in [0.1, 0.15) is 87.6 Å². The van der Waals surface area contributed by atoms with Crippen molar-refractivity contribution in [1.29, 1.82) is 0 Å². The third-order valence-corrected chi connectivity index (χ3v) is 5.89. The summed E-state index contributed by atoms with van der Waals surface area (Å²) in [7, 11) is 0. The van der Waals surface area contributed by atoms with Gasteiger partial charge < -0.3 is 5.32 Å². The van der Waals surface area contributed by atoms with Crippen molar-refractivity contribution < 1.29 is 9.59 Å². The van der Waals surface area contributed by atoms with E-state index in [4.69, 9.17) is 23.2 Å². The number of amides is 2. The Morgan fingerprint density at radius 3 is 2.15 bits per heavy atom. The largest absolute Gasteiger partial charge is 0.322 e. The topological polar surface area (TPSA) is 70.6 Å². The van der Waals surface area contributed by atoms with Crippen molar-refractivity contribution in [3.05, 3.63) is 63.6 Å². The van der Waals surface area contributed by atoms with Gasteiger partial charge in [0.25, 0.3) is 5.91 Å². The summed E-state index contributed by atoms with van der Waals surface area (Å²) in [5, 5.41) is 7.77. The molecule has 0 aliphatic rings. The van der Waals surface area contributed by atoms with E-state index in [9.17, 15) is 9.59 Å². The molecule has 0 heterocycles. The molecule has 0 spiro atoms. The fraction of sp³-hybridized carbons (Fsp3) is 0.423. The summed E-state index contributed by atoms with van der Waals surface area (Å²) < 4.78 is 0. The third-order valence-electron chi connectivity index (χ3n) is 5.34. The molecular weight excluding hydrogens is 457 g/mol. The zero-order chi connectivity index (χ0) is 24.1. The number of rotatable bonds is 13. The molecule has 0 fully saturated rings. The second kappa shape index (κ2) is 14.7. The first-order valence-corrected chi connectivity index (χ1v) is 12.4. The summed E-state index contributed by atoms with van der Waals surface area (Å²) in [5.41, 5.74) is 5.15. The zero-order valence-electron chi connectivity index (χ0n) is 19.4. The van der Waals surface area contributed by atoms with E-state index in [0.717, 1.165) is 18.4 Å². The van der Waals surface area contributed by atoms with E-state index in [-0.39, 0.29) is 11.8 Å². The van der Waals surface area contributed by atoms with Crippen LogP contribution in [0, 0.1) is 0 Å². The average molecular weight is 490 g/mol. The fourth-order valence-corrected chi connectivity index (χ4v) is 3.85. The first-order valence-electron chi connectivity index (χ1n) is 11.6. The van der Waals surface area contributed by atoms with Gasteiger partial charge in [0.15, 0.2) is 0 Å². The Kier molecular flexibility index (Phi) is 12.0. The lowest BCUT2D eigenvalue weighted by Gasteiger charge is -2.08. The van der Waals surface area contributed by atoms with Gasteiger partial charge in [-0.3, -0.25) is 9.59 Å². The van der Waals surface area contributed by atoms with Crippen molar-refractivity contribution in [3.63, 3.8) is 0 Å². The molecule has 0 radical (unpaired) electrons. The second-order valence-electron chi connectivity index (χ2n) is 8.11. The molecule has 0 bridgehead atoms. The molecule has 0 unspecified atom stereocenters. The van der Waals surface area contributed by atoms with Gasteiger partial charge >= 0.3 is 0 Å². The quantitative estimate of drug-likeness (QED) is 0.172. The molecule has 0 atom stereocenters. The molecule has 178 valence electrons. The van der Waals surface area contributed by atoms with Crippen LogP contribution in [0.15, 0.2) is 47.6 Å². The summed E-state index contributed by atoms with van der Waals surface area (Å²) >= 11 is 12.0. The van der Waals surface area contributed by atoms with Crippen molar-refractivity contribution in [2.24, 2.45) is 5.10 Å². The number of halogens is 2. The first kappa shape index (κ1) is 26.9. The van der Waals surface area contributed by atoms with Gasteiger partial charge in [-0.2, -0.15) is 5.10 Å². The normalized spacial score (nSPS) is 11.3. The van der Waals surface area contributed by atoms with Crippen LogP contribution in [0.4, 0.5) is 5.69 Å². The maximum absolute atomic E-state index is 12.4. The number of hydrazone groups is 1. The van der Waals surface area contributed by atoms with Gasteiger partial charge in [-0.1, -0.05) is 87.2 Å². The number of benzene rings is 2. The molecule has 0 aliphatic heterocycles. The van der Waals surface area contributed by atoms with Crippen molar-refractivity contribution in [2.45, 2.75) is 71.6 Å². The Balaban J connectivity index is 1.75. The maximum atomic E-state index is 12.4. The van der Waals surface area contributed by atoms with Gasteiger partial charge in [0, 0.05) is 17.1 Å². The monoisotopic (exact) mass is 489 g/mol. The van der Waals surface area contributed by atoms with Crippen LogP contribution in [0.3, 0.4) is 0 Å². The SMILES string of the molecule is CCCCCCCCCCC(=O)N/N=C(/C)c1ccc(NC(=O)c2ccc(Cl)cc2Cl)cc1. The summed E-state index contributed by atoms with van der Waals surface area (Å²) in [4.78, 5) is 24.4. The van der Waals surface area contributed by atoms with Crippen molar-refractivity contribution >= 4 is 46.4 Å². The number of nitrogens with one attached hydrogen (secondary N) is 2. The molecular formula is C26H33Cl2N3O2. The van der Waals surface area contributed by atoms with Crippen LogP contribution in [0.25, 0.3) is 0 Å². The molecule has 33 heavy (non-hydrogen) atoms. The molecule has 2 amide bonds. The van der Waals surface area contributed by atoms with Gasteiger partial charge in [0.1, 0.15) is 0 Å². The predicted octanol–water partition coefficient (Wildman–Crippen LogP) is 7.62. The van der Waals surface area contributed by atoms with Crippen LogP contribution >= 0.6 is 23.2 Å². The molecule has 5 nitrogen and oxygen atoms in total. The van der Waals surface area contributed by atoms with E-state index >= 15 is 0 Å². The Bertz CT molecular complexity index is 943. The highest BCUT2D eigenvalue weighted by Crippen LogP contribution is 2.22. The lowest BCUT2D eigenvalue weighted by Crippen LogP contribution is -2.18. The third kappa shape index (κ3) is 9.97. The molecule has 2 N–H and O–H groups in total. The van der Waals surface area contributed by atoms with E-state index < -0.39 is 0 Å². The summed E-state index contributed by atoms with van der Waals surface area (Å²) in [6, 6.07) is 12.0. The fourth-order valence-electron chi connectivity index (χ4n) is 3.35. The highest BCUT2D eigenvalue weighted by molar-refractivity contribution is 6.37. The average Bonchev–Trinajstić information content (AvgIpc) is 2.79. The van der Waals surface area contributed by atoms with Crippen molar-refractivity contribution in [1.82, 2.24) is 5.43 Å². The van der Waals surface area contributed by atoms with E-state index in [1.54, 1.807) is 24.3 Å². The Hall–Kier alpha value is -2.37. The zero-order valence-corrected chi connectivity index (χ0v) is 20.9. The van der Waals surface area contributed by atoms with Crippen molar-refractivity contribution in [2.75, 3.05) is 5.32 Å². The number of hydrogen-bond acceptors (Lipinski definition) is 3. The molecule has 7 heteroatoms. The highest BCUT2D eigenvalue weighted by Gasteiger charge is 2.11. The molecule has 0 aromatic heterocycles. The maximum Gasteiger partial charge on any atom is 0.257 e. The number of nitrogens with zero attached hydrogens (tertiary/aromatic N) is 1. The lowest BCUT2D eigenvalue weighted by atomic mass is 10.1. The molecule has 0 saturated carbocycles. The van der Waals surface area contributed by atoms with E-state index in [2.05, 4.69) is 22.8 Å². The van der Waals surface area contributed by atoms with Crippen LogP contribution in [-0.4, -0.2) is 17.5 Å². The predicted molar refractivity (Wildman–Crippen MR) is 138 cm³/mol. The summed E-state index contributed by atoms with van der Waals surface area (Å²) in [5.74, 6) is -0.382. The van der Waals surface area contributed by atoms with E-state index in [0.29, 0.717) is 33.4 Å². The molecule has 0 saturated heterocycles. The van der Waals surface area contributed by atoms with Gasteiger partial charge in [0.2, 0.25) is 5.91 Å². The van der Waals surface area contributed by atoms with Gasteiger partial charge in [-0.15, -0.1) is 0 Å². The summed E-state index contributed by atoms with van der Waals surface area (Å²) in [6.07, 6.45) is 10.1. The minimum atomic E-state index is -0.317. The number of anilines is 1. The van der Waals surface area contributed by atoms with Crippen LogP contribution in [-0.2, 0) is 4.79 Å². The number of carbonyl (C=O) groups excluding carboxylic acids is 2. The number of hydrogen-bond donors (Lipinski definition) is 2. The molecule has 2 aromatic carbocycles. The molecule has 2 aromatic rings. The molecule has 0 aliphatic carbocycles. The van der Waals surface area contributed by atoms with E-state index in [1.165, 1.54) is 44.6 Å².